The number of piperidine rings is 1. The van der Waals surface area contributed by atoms with Gasteiger partial charge >= 0.3 is 0 Å². The van der Waals surface area contributed by atoms with Crippen LogP contribution in [0.25, 0.3) is 0 Å². The second-order valence-electron chi connectivity index (χ2n) is 7.84. The number of carbonyl (C=O) groups excluding carboxylic acids is 1. The average Bonchev–Trinajstić information content (AvgIpc) is 2.73. The summed E-state index contributed by atoms with van der Waals surface area (Å²) in [5.74, 6) is 0.447. The van der Waals surface area contributed by atoms with E-state index >= 15 is 0 Å². The smallest absolute Gasteiger partial charge is 0.243 e. The van der Waals surface area contributed by atoms with E-state index in [0.717, 1.165) is 31.0 Å². The summed E-state index contributed by atoms with van der Waals surface area (Å²) in [6.07, 6.45) is 2.58. The topological polar surface area (TPSA) is 128 Å². The standard InChI is InChI=1S/C21H29N5O4S2/c1-14(2)30-18-8-7-16(32(28,29)26-9-5-4-6-10-26)12-17(18)24-20(27)13-31-21-23-15(3)11-19(22)25-21/h7-8,11-12,14H,4-6,9-10,13H2,1-3H3,(H,24,27)(H2,22,23,25). The van der Waals surface area contributed by atoms with E-state index < -0.39 is 10.0 Å². The Bertz CT molecular complexity index is 1050. The molecule has 2 aromatic rings. The first-order valence-electron chi connectivity index (χ1n) is 10.5. The minimum atomic E-state index is -3.64. The fourth-order valence-corrected chi connectivity index (χ4v) is 5.58. The lowest BCUT2D eigenvalue weighted by Gasteiger charge is -2.26. The van der Waals surface area contributed by atoms with Gasteiger partial charge in [0.2, 0.25) is 15.9 Å². The molecular weight excluding hydrogens is 450 g/mol. The van der Waals surface area contributed by atoms with Crippen molar-refractivity contribution in [2.75, 3.05) is 29.9 Å². The van der Waals surface area contributed by atoms with Crippen LogP contribution in [0.3, 0.4) is 0 Å². The number of amides is 1. The number of carbonyl (C=O) groups is 1. The number of hydrogen-bond donors (Lipinski definition) is 2. The van der Waals surface area contributed by atoms with Crippen molar-refractivity contribution in [2.45, 2.75) is 56.2 Å². The molecule has 1 amide bonds. The molecule has 1 aromatic heterocycles. The molecule has 1 aromatic carbocycles. The molecule has 1 saturated heterocycles. The van der Waals surface area contributed by atoms with Crippen molar-refractivity contribution < 1.29 is 17.9 Å². The van der Waals surface area contributed by atoms with Gasteiger partial charge in [0, 0.05) is 24.8 Å². The van der Waals surface area contributed by atoms with Crippen molar-refractivity contribution in [3.8, 4) is 5.75 Å². The number of nitrogens with one attached hydrogen (secondary N) is 1. The maximum absolute atomic E-state index is 13.1. The number of rotatable bonds is 8. The lowest BCUT2D eigenvalue weighted by molar-refractivity contribution is -0.113. The van der Waals surface area contributed by atoms with Crippen molar-refractivity contribution in [1.82, 2.24) is 14.3 Å². The molecule has 0 aliphatic carbocycles. The highest BCUT2D eigenvalue weighted by Gasteiger charge is 2.27. The van der Waals surface area contributed by atoms with Crippen molar-refractivity contribution in [3.63, 3.8) is 0 Å². The number of aryl methyl sites for hydroxylation is 1. The third-order valence-electron chi connectivity index (χ3n) is 4.73. The van der Waals surface area contributed by atoms with Gasteiger partial charge in [-0.1, -0.05) is 18.2 Å². The summed E-state index contributed by atoms with van der Waals surface area (Å²) >= 11 is 1.15. The maximum Gasteiger partial charge on any atom is 0.243 e. The summed E-state index contributed by atoms with van der Waals surface area (Å²) < 4.78 is 33.4. The van der Waals surface area contributed by atoms with Gasteiger partial charge in [-0.3, -0.25) is 4.79 Å². The minimum absolute atomic E-state index is 0.0348. The van der Waals surface area contributed by atoms with E-state index in [2.05, 4.69) is 15.3 Å². The van der Waals surface area contributed by atoms with E-state index in [-0.39, 0.29) is 22.7 Å². The summed E-state index contributed by atoms with van der Waals surface area (Å²) in [4.78, 5) is 21.1. The number of aromatic nitrogens is 2. The van der Waals surface area contributed by atoms with Crippen LogP contribution in [0, 0.1) is 6.92 Å². The number of nitrogens with zero attached hydrogens (tertiary/aromatic N) is 3. The summed E-state index contributed by atoms with van der Waals surface area (Å²) in [7, 11) is -3.64. The van der Waals surface area contributed by atoms with Gasteiger partial charge in [0.05, 0.1) is 22.4 Å². The molecule has 11 heteroatoms. The van der Waals surface area contributed by atoms with Gasteiger partial charge in [0.25, 0.3) is 0 Å². The molecule has 0 spiro atoms. The number of benzene rings is 1. The zero-order chi connectivity index (χ0) is 23.3. The highest BCUT2D eigenvalue weighted by molar-refractivity contribution is 7.99. The zero-order valence-corrected chi connectivity index (χ0v) is 20.1. The maximum atomic E-state index is 13.1. The second-order valence-corrected chi connectivity index (χ2v) is 10.7. The van der Waals surface area contributed by atoms with Crippen molar-refractivity contribution in [3.05, 3.63) is 30.0 Å². The highest BCUT2D eigenvalue weighted by Crippen LogP contribution is 2.31. The molecule has 3 N–H and O–H groups in total. The number of anilines is 2. The minimum Gasteiger partial charge on any atom is -0.489 e. The zero-order valence-electron chi connectivity index (χ0n) is 18.5. The fraction of sp³-hybridized carbons (Fsp3) is 0.476. The van der Waals surface area contributed by atoms with Crippen LogP contribution in [0.2, 0.25) is 0 Å². The third-order valence-corrected chi connectivity index (χ3v) is 7.47. The van der Waals surface area contributed by atoms with Crippen LogP contribution < -0.4 is 15.8 Å². The van der Waals surface area contributed by atoms with Gasteiger partial charge in [-0.2, -0.15) is 4.31 Å². The number of thioether (sulfide) groups is 1. The van der Waals surface area contributed by atoms with Gasteiger partial charge in [-0.05, 0) is 51.8 Å². The van der Waals surface area contributed by atoms with Crippen LogP contribution in [0.15, 0.2) is 34.3 Å². The van der Waals surface area contributed by atoms with Crippen molar-refractivity contribution in [2.24, 2.45) is 0 Å². The Balaban J connectivity index is 1.79. The fourth-order valence-electron chi connectivity index (χ4n) is 3.32. The molecule has 2 heterocycles. The first-order valence-corrected chi connectivity index (χ1v) is 12.9. The third kappa shape index (κ3) is 6.33. The Morgan fingerprint density at radius 2 is 1.94 bits per heavy atom. The predicted octanol–water partition coefficient (Wildman–Crippen LogP) is 3.06. The van der Waals surface area contributed by atoms with Crippen LogP contribution in [-0.2, 0) is 14.8 Å². The van der Waals surface area contributed by atoms with Gasteiger partial charge in [0.1, 0.15) is 11.6 Å². The predicted molar refractivity (Wildman–Crippen MR) is 125 cm³/mol. The average molecular weight is 480 g/mol. The van der Waals surface area contributed by atoms with Crippen LogP contribution >= 0.6 is 11.8 Å². The van der Waals surface area contributed by atoms with E-state index in [1.807, 2.05) is 13.8 Å². The highest BCUT2D eigenvalue weighted by atomic mass is 32.2. The molecular formula is C21H29N5O4S2. The Hall–Kier alpha value is -2.37. The summed E-state index contributed by atoms with van der Waals surface area (Å²) in [5.41, 5.74) is 6.76. The van der Waals surface area contributed by atoms with Gasteiger partial charge in [-0.25, -0.2) is 18.4 Å². The van der Waals surface area contributed by atoms with Gasteiger partial charge in [-0.15, -0.1) is 0 Å². The molecule has 32 heavy (non-hydrogen) atoms. The summed E-state index contributed by atoms with van der Waals surface area (Å²) in [5, 5.41) is 3.18. The molecule has 0 bridgehead atoms. The molecule has 0 saturated carbocycles. The quantitative estimate of drug-likeness (QED) is 0.437. The Kier molecular flexibility index (Phi) is 7.96. The van der Waals surface area contributed by atoms with Gasteiger partial charge < -0.3 is 15.8 Å². The van der Waals surface area contributed by atoms with E-state index in [1.54, 1.807) is 19.1 Å². The lowest BCUT2D eigenvalue weighted by Crippen LogP contribution is -2.35. The monoisotopic (exact) mass is 479 g/mol. The SMILES string of the molecule is Cc1cc(N)nc(SCC(=O)Nc2cc(S(=O)(=O)N3CCCCC3)ccc2OC(C)C)n1. The molecule has 1 aliphatic heterocycles. The van der Waals surface area contributed by atoms with Crippen LogP contribution in [0.4, 0.5) is 11.5 Å². The summed E-state index contributed by atoms with van der Waals surface area (Å²) in [6, 6.07) is 6.22. The molecule has 1 fully saturated rings. The molecule has 1 aliphatic rings. The van der Waals surface area contributed by atoms with E-state index in [4.69, 9.17) is 10.5 Å². The van der Waals surface area contributed by atoms with Crippen LogP contribution in [0.5, 0.6) is 5.75 Å². The van der Waals surface area contributed by atoms with Crippen LogP contribution in [0.1, 0.15) is 38.8 Å². The number of hydrogen-bond acceptors (Lipinski definition) is 8. The van der Waals surface area contributed by atoms with Crippen LogP contribution in [-0.4, -0.2) is 53.5 Å². The lowest BCUT2D eigenvalue weighted by atomic mass is 10.2. The number of nitrogen functional groups attached to an aromatic ring is 1. The molecule has 3 rings (SSSR count). The normalized spacial score (nSPS) is 15.0. The van der Waals surface area contributed by atoms with E-state index in [0.29, 0.717) is 41.2 Å². The Morgan fingerprint density at radius 1 is 1.22 bits per heavy atom. The van der Waals surface area contributed by atoms with E-state index in [1.165, 1.54) is 16.4 Å². The van der Waals surface area contributed by atoms with Gasteiger partial charge in [0.15, 0.2) is 5.16 Å². The molecule has 9 nitrogen and oxygen atoms in total. The molecule has 0 unspecified atom stereocenters. The second kappa shape index (κ2) is 10.5. The number of ether oxygens (including phenoxy) is 1. The Labute approximate surface area is 193 Å². The van der Waals surface area contributed by atoms with Crippen molar-refractivity contribution in [1.29, 1.82) is 0 Å². The first-order chi connectivity index (χ1) is 15.1. The molecule has 0 atom stereocenters. The number of nitrogens with two attached hydrogens (primary N) is 1. The molecule has 0 radical (unpaired) electrons. The Morgan fingerprint density at radius 3 is 2.59 bits per heavy atom. The van der Waals surface area contributed by atoms with E-state index in [9.17, 15) is 13.2 Å². The summed E-state index contributed by atoms with van der Waals surface area (Å²) in [6.45, 7) is 6.53. The molecule has 174 valence electrons. The first kappa shape index (κ1) is 24.3. The largest absolute Gasteiger partial charge is 0.489 e. The number of sulfonamides is 1. The van der Waals surface area contributed by atoms with Crippen molar-refractivity contribution >= 4 is 39.2 Å².